The maximum absolute atomic E-state index is 14.0. The molecular weight excluding hydrogens is 480 g/mol. The summed E-state index contributed by atoms with van der Waals surface area (Å²) < 4.78 is 59.6. The number of nitriles is 1. The maximum atomic E-state index is 14.0. The van der Waals surface area contributed by atoms with E-state index in [4.69, 9.17) is 4.74 Å². The van der Waals surface area contributed by atoms with Crippen LogP contribution in [0.25, 0.3) is 11.4 Å². The molecule has 186 valence electrons. The van der Waals surface area contributed by atoms with Crippen molar-refractivity contribution in [1.82, 2.24) is 19.7 Å². The molecule has 1 aliphatic heterocycles. The minimum Gasteiger partial charge on any atom is -0.487 e. The molecule has 1 saturated carbocycles. The van der Waals surface area contributed by atoms with Gasteiger partial charge in [-0.3, -0.25) is 4.79 Å². The van der Waals surface area contributed by atoms with Gasteiger partial charge in [0, 0.05) is 38.1 Å². The van der Waals surface area contributed by atoms with E-state index in [1.807, 2.05) is 4.90 Å². The molecule has 0 unspecified atom stereocenters. The summed E-state index contributed by atoms with van der Waals surface area (Å²) in [5.74, 6) is -1.15. The number of halogens is 4. The van der Waals surface area contributed by atoms with E-state index in [0.717, 1.165) is 18.2 Å². The molecular formula is C24H20F4N6O2. The van der Waals surface area contributed by atoms with Gasteiger partial charge in [-0.15, -0.1) is 0 Å². The molecule has 2 aromatic heterocycles. The highest BCUT2D eigenvalue weighted by molar-refractivity contribution is 5.69. The molecule has 3 aromatic rings. The summed E-state index contributed by atoms with van der Waals surface area (Å²) in [6.45, 7) is -2.29. The summed E-state index contributed by atoms with van der Waals surface area (Å²) in [5.41, 5.74) is -1.09. The van der Waals surface area contributed by atoms with Crippen molar-refractivity contribution in [2.45, 2.75) is 43.8 Å². The summed E-state index contributed by atoms with van der Waals surface area (Å²) in [7, 11) is 0. The molecule has 0 atom stereocenters. The predicted octanol–water partition coefficient (Wildman–Crippen LogP) is 3.98. The summed E-state index contributed by atoms with van der Waals surface area (Å²) >= 11 is 0. The van der Waals surface area contributed by atoms with Crippen LogP contribution in [0.2, 0.25) is 0 Å². The Balaban J connectivity index is 1.43. The highest BCUT2D eigenvalue weighted by Gasteiger charge is 2.47. The predicted molar refractivity (Wildman–Crippen MR) is 120 cm³/mol. The van der Waals surface area contributed by atoms with Crippen LogP contribution in [0.4, 0.5) is 23.4 Å². The highest BCUT2D eigenvalue weighted by Crippen LogP contribution is 2.47. The molecule has 1 saturated heterocycles. The summed E-state index contributed by atoms with van der Waals surface area (Å²) in [5, 5.41) is 13.4. The lowest BCUT2D eigenvalue weighted by Crippen LogP contribution is -2.39. The van der Waals surface area contributed by atoms with Crippen LogP contribution in [-0.2, 0) is 5.41 Å². The van der Waals surface area contributed by atoms with Gasteiger partial charge >= 0.3 is 6.55 Å². The van der Waals surface area contributed by atoms with Crippen molar-refractivity contribution in [2.75, 3.05) is 18.0 Å². The van der Waals surface area contributed by atoms with Gasteiger partial charge in [0.25, 0.3) is 5.56 Å². The zero-order chi connectivity index (χ0) is 25.4. The van der Waals surface area contributed by atoms with Crippen molar-refractivity contribution < 1.29 is 22.3 Å². The number of hydrogen-bond donors (Lipinski definition) is 0. The first kappa shape index (κ1) is 23.7. The van der Waals surface area contributed by atoms with Crippen LogP contribution in [-0.4, -0.2) is 38.9 Å². The standard InChI is InChI=1S/C24H20F4N6O2/c25-14-1-3-18(16(26)11-14)36-15-5-9-33(10-6-15)22-21(17-2-4-20(35)34(32-17)23(27)28)31-19(12-30-22)24(13-29)7-8-24/h1-4,11-12,15,23H,5-10H2. The van der Waals surface area contributed by atoms with Crippen LogP contribution in [0, 0.1) is 23.0 Å². The molecule has 0 radical (unpaired) electrons. The number of aromatic nitrogens is 4. The third-order valence-corrected chi connectivity index (χ3v) is 6.39. The molecule has 2 fully saturated rings. The number of piperidine rings is 1. The number of benzene rings is 1. The smallest absolute Gasteiger partial charge is 0.336 e. The number of rotatable bonds is 6. The Morgan fingerprint density at radius 3 is 2.53 bits per heavy atom. The van der Waals surface area contributed by atoms with Gasteiger partial charge in [0.2, 0.25) is 0 Å². The van der Waals surface area contributed by atoms with Gasteiger partial charge in [-0.05, 0) is 31.0 Å². The highest BCUT2D eigenvalue weighted by atomic mass is 19.3. The minimum absolute atomic E-state index is 0.0275. The maximum Gasteiger partial charge on any atom is 0.336 e. The molecule has 0 N–H and O–H groups in total. The zero-order valence-corrected chi connectivity index (χ0v) is 18.9. The third kappa shape index (κ3) is 4.48. The van der Waals surface area contributed by atoms with E-state index >= 15 is 0 Å². The fraction of sp³-hybridized carbons (Fsp3) is 0.375. The second-order valence-corrected chi connectivity index (χ2v) is 8.78. The Morgan fingerprint density at radius 2 is 1.89 bits per heavy atom. The van der Waals surface area contributed by atoms with E-state index < -0.39 is 29.2 Å². The molecule has 36 heavy (non-hydrogen) atoms. The van der Waals surface area contributed by atoms with E-state index in [-0.39, 0.29) is 27.9 Å². The molecule has 1 aliphatic carbocycles. The molecule has 3 heterocycles. The fourth-order valence-electron chi connectivity index (χ4n) is 4.19. The Labute approximate surface area is 202 Å². The van der Waals surface area contributed by atoms with Crippen molar-refractivity contribution in [3.63, 3.8) is 0 Å². The number of anilines is 1. The van der Waals surface area contributed by atoms with Crippen LogP contribution in [0.15, 0.2) is 41.3 Å². The van der Waals surface area contributed by atoms with Crippen LogP contribution >= 0.6 is 0 Å². The average molecular weight is 500 g/mol. The quantitative estimate of drug-likeness (QED) is 0.473. The summed E-state index contributed by atoms with van der Waals surface area (Å²) in [4.78, 5) is 22.8. The molecule has 0 amide bonds. The molecule has 8 nitrogen and oxygen atoms in total. The van der Waals surface area contributed by atoms with Gasteiger partial charge < -0.3 is 9.64 Å². The molecule has 2 aliphatic rings. The molecule has 5 rings (SSSR count). The van der Waals surface area contributed by atoms with Gasteiger partial charge in [-0.2, -0.15) is 23.8 Å². The lowest BCUT2D eigenvalue weighted by molar-refractivity contribution is 0.0514. The zero-order valence-electron chi connectivity index (χ0n) is 18.9. The largest absolute Gasteiger partial charge is 0.487 e. The topological polar surface area (TPSA) is 96.9 Å². The normalized spacial score (nSPS) is 17.2. The van der Waals surface area contributed by atoms with E-state index in [2.05, 4.69) is 21.1 Å². The second kappa shape index (κ2) is 9.22. The van der Waals surface area contributed by atoms with Crippen LogP contribution in [0.5, 0.6) is 5.75 Å². The number of nitrogens with zero attached hydrogens (tertiary/aromatic N) is 6. The number of hydrogen-bond acceptors (Lipinski definition) is 7. The van der Waals surface area contributed by atoms with Crippen molar-refractivity contribution in [2.24, 2.45) is 0 Å². The van der Waals surface area contributed by atoms with Crippen LogP contribution in [0.3, 0.4) is 0 Å². The summed E-state index contributed by atoms with van der Waals surface area (Å²) in [6, 6.07) is 7.65. The molecule has 12 heteroatoms. The molecule has 0 spiro atoms. The van der Waals surface area contributed by atoms with E-state index in [1.165, 1.54) is 18.3 Å². The van der Waals surface area contributed by atoms with Crippen LogP contribution in [0.1, 0.15) is 37.9 Å². The first-order valence-electron chi connectivity index (χ1n) is 11.3. The van der Waals surface area contributed by atoms with Crippen molar-refractivity contribution in [1.29, 1.82) is 5.26 Å². The Morgan fingerprint density at radius 1 is 1.14 bits per heavy atom. The van der Waals surface area contributed by atoms with E-state index in [9.17, 15) is 27.6 Å². The molecule has 1 aromatic carbocycles. The third-order valence-electron chi connectivity index (χ3n) is 6.39. The number of alkyl halides is 2. The van der Waals surface area contributed by atoms with E-state index in [0.29, 0.717) is 50.3 Å². The first-order chi connectivity index (χ1) is 17.3. The van der Waals surface area contributed by atoms with E-state index in [1.54, 1.807) is 0 Å². The lowest BCUT2D eigenvalue weighted by atomic mass is 10.0. The fourth-order valence-corrected chi connectivity index (χ4v) is 4.19. The van der Waals surface area contributed by atoms with Gasteiger partial charge in [-0.1, -0.05) is 0 Å². The Hall–Kier alpha value is -4.01. The van der Waals surface area contributed by atoms with Gasteiger partial charge in [-0.25, -0.2) is 18.7 Å². The summed E-state index contributed by atoms with van der Waals surface area (Å²) in [6.07, 6.45) is 3.36. The van der Waals surface area contributed by atoms with Crippen LogP contribution < -0.4 is 15.2 Å². The molecule has 0 bridgehead atoms. The lowest BCUT2D eigenvalue weighted by Gasteiger charge is -2.33. The van der Waals surface area contributed by atoms with Crippen molar-refractivity contribution in [3.05, 3.63) is 64.2 Å². The van der Waals surface area contributed by atoms with Crippen molar-refractivity contribution >= 4 is 5.82 Å². The average Bonchev–Trinajstić information content (AvgIpc) is 3.67. The van der Waals surface area contributed by atoms with Crippen molar-refractivity contribution in [3.8, 4) is 23.2 Å². The first-order valence-corrected chi connectivity index (χ1v) is 11.3. The Bertz CT molecular complexity index is 1390. The minimum atomic E-state index is -3.13. The Kier molecular flexibility index (Phi) is 6.07. The monoisotopic (exact) mass is 500 g/mol. The van der Waals surface area contributed by atoms with Gasteiger partial charge in [0.05, 0.1) is 18.0 Å². The second-order valence-electron chi connectivity index (χ2n) is 8.78. The number of ether oxygens (including phenoxy) is 1. The van der Waals surface area contributed by atoms with Gasteiger partial charge in [0.15, 0.2) is 17.4 Å². The van der Waals surface area contributed by atoms with Gasteiger partial charge in [0.1, 0.15) is 28.7 Å². The SMILES string of the molecule is N#CC1(c2cnc(N3CCC(Oc4ccc(F)cc4F)CC3)c(-c3ccc(=O)n(C(F)F)n3)n2)CC1.